The monoisotopic (exact) mass is 353 g/mol. The van der Waals surface area contributed by atoms with Gasteiger partial charge >= 0.3 is 5.97 Å². The third-order valence-electron chi connectivity index (χ3n) is 3.92. The normalized spacial score (nSPS) is 11.1. The predicted molar refractivity (Wildman–Crippen MR) is 94.3 cm³/mol. The lowest BCUT2D eigenvalue weighted by molar-refractivity contribution is -0.144. The minimum absolute atomic E-state index is 0.0636. The van der Waals surface area contributed by atoms with Crippen molar-refractivity contribution in [2.45, 2.75) is 20.0 Å². The fraction of sp³-hybridized carbons (Fsp3) is 0.158. The van der Waals surface area contributed by atoms with Crippen molar-refractivity contribution < 1.29 is 18.4 Å². The fourth-order valence-electron chi connectivity index (χ4n) is 2.61. The summed E-state index contributed by atoms with van der Waals surface area (Å²) in [6.45, 7) is 2.06. The zero-order chi connectivity index (χ0) is 17.2. The summed E-state index contributed by atoms with van der Waals surface area (Å²) in [7, 11) is 0. The Labute approximate surface area is 147 Å². The molecule has 25 heavy (non-hydrogen) atoms. The Balaban J connectivity index is 1.40. The number of benzene rings is 1. The first-order chi connectivity index (χ1) is 12.2. The molecule has 5 nitrogen and oxygen atoms in total. The highest BCUT2D eigenvalue weighted by atomic mass is 32.1. The highest BCUT2D eigenvalue weighted by Crippen LogP contribution is 2.26. The number of furan rings is 1. The van der Waals surface area contributed by atoms with Crippen LogP contribution in [0.5, 0.6) is 0 Å². The van der Waals surface area contributed by atoms with Crippen LogP contribution in [0, 0.1) is 6.92 Å². The van der Waals surface area contributed by atoms with Gasteiger partial charge in [-0.25, -0.2) is 4.98 Å². The van der Waals surface area contributed by atoms with Gasteiger partial charge in [0.1, 0.15) is 24.2 Å². The number of esters is 1. The molecule has 0 saturated heterocycles. The quantitative estimate of drug-likeness (QED) is 0.485. The topological polar surface area (TPSA) is 65.5 Å². The van der Waals surface area contributed by atoms with E-state index in [4.69, 9.17) is 13.6 Å². The first kappa shape index (κ1) is 15.7. The molecule has 0 N–H and O–H groups in total. The van der Waals surface area contributed by atoms with Crippen LogP contribution in [-0.2, 0) is 22.6 Å². The number of fused-ring (bicyclic) bond motifs is 1. The van der Waals surface area contributed by atoms with E-state index in [1.54, 1.807) is 0 Å². The first-order valence-corrected chi connectivity index (χ1v) is 8.69. The molecule has 0 saturated carbocycles. The Morgan fingerprint density at radius 3 is 2.92 bits per heavy atom. The number of hydrogen-bond acceptors (Lipinski definition) is 6. The molecule has 0 spiro atoms. The second kappa shape index (κ2) is 6.57. The van der Waals surface area contributed by atoms with Gasteiger partial charge in [-0.1, -0.05) is 24.3 Å². The maximum Gasteiger partial charge on any atom is 0.312 e. The van der Waals surface area contributed by atoms with Crippen LogP contribution in [0.1, 0.15) is 17.0 Å². The van der Waals surface area contributed by atoms with E-state index in [0.29, 0.717) is 17.3 Å². The minimum atomic E-state index is -0.370. The molecule has 0 fully saturated rings. The van der Waals surface area contributed by atoms with E-state index in [2.05, 4.69) is 4.98 Å². The fourth-order valence-corrected chi connectivity index (χ4v) is 3.26. The lowest BCUT2D eigenvalue weighted by Gasteiger charge is -2.02. The largest absolute Gasteiger partial charge is 0.457 e. The third kappa shape index (κ3) is 3.21. The van der Waals surface area contributed by atoms with Gasteiger partial charge in [0.05, 0.1) is 17.0 Å². The molecule has 0 aliphatic rings. The molecule has 0 bridgehead atoms. The standard InChI is InChI=1S/C19H15NO4S/c1-12-14-5-2-3-6-15(14)24-16(12)11-22-18(21)9-13-10-23-19(20-13)17-7-4-8-25-17/h2-8,10H,9,11H2,1H3. The van der Waals surface area contributed by atoms with E-state index in [9.17, 15) is 4.79 Å². The summed E-state index contributed by atoms with van der Waals surface area (Å²) in [4.78, 5) is 17.3. The molecular weight excluding hydrogens is 338 g/mol. The molecule has 0 radical (unpaired) electrons. The van der Waals surface area contributed by atoms with Gasteiger partial charge in [0.25, 0.3) is 0 Å². The number of aryl methyl sites for hydroxylation is 1. The van der Waals surface area contributed by atoms with Crippen molar-refractivity contribution >= 4 is 28.3 Å². The van der Waals surface area contributed by atoms with Gasteiger partial charge in [0, 0.05) is 10.9 Å². The molecule has 0 amide bonds. The summed E-state index contributed by atoms with van der Waals surface area (Å²) < 4.78 is 16.5. The van der Waals surface area contributed by atoms with Gasteiger partial charge in [-0.2, -0.15) is 0 Å². The molecular formula is C19H15NO4S. The first-order valence-electron chi connectivity index (χ1n) is 7.81. The molecule has 0 atom stereocenters. The Kier molecular flexibility index (Phi) is 4.11. The predicted octanol–water partition coefficient (Wildman–Crippen LogP) is 4.74. The van der Waals surface area contributed by atoms with Crippen LogP contribution in [0.3, 0.4) is 0 Å². The Hall–Kier alpha value is -2.86. The lowest BCUT2D eigenvalue weighted by Crippen LogP contribution is -2.08. The number of carbonyl (C=O) groups excluding carboxylic acids is 1. The van der Waals surface area contributed by atoms with Gasteiger partial charge in [-0.15, -0.1) is 11.3 Å². The van der Waals surface area contributed by atoms with Crippen molar-refractivity contribution in [1.29, 1.82) is 0 Å². The Morgan fingerprint density at radius 1 is 1.24 bits per heavy atom. The van der Waals surface area contributed by atoms with Crippen molar-refractivity contribution in [2.24, 2.45) is 0 Å². The van der Waals surface area contributed by atoms with Crippen LogP contribution < -0.4 is 0 Å². The van der Waals surface area contributed by atoms with E-state index >= 15 is 0 Å². The number of oxazole rings is 1. The van der Waals surface area contributed by atoms with E-state index in [0.717, 1.165) is 21.4 Å². The Morgan fingerprint density at radius 2 is 2.12 bits per heavy atom. The zero-order valence-corrected chi connectivity index (χ0v) is 14.3. The summed E-state index contributed by atoms with van der Waals surface area (Å²) in [6, 6.07) is 11.6. The number of ether oxygens (including phenoxy) is 1. The molecule has 1 aromatic carbocycles. The van der Waals surface area contributed by atoms with Crippen molar-refractivity contribution in [2.75, 3.05) is 0 Å². The number of aromatic nitrogens is 1. The minimum Gasteiger partial charge on any atom is -0.457 e. The van der Waals surface area contributed by atoms with Gasteiger partial charge in [-0.3, -0.25) is 4.79 Å². The summed E-state index contributed by atoms with van der Waals surface area (Å²) in [5, 5.41) is 2.98. The molecule has 6 heteroatoms. The maximum absolute atomic E-state index is 12.1. The molecule has 126 valence electrons. The van der Waals surface area contributed by atoms with E-state index in [-0.39, 0.29) is 19.0 Å². The van der Waals surface area contributed by atoms with Crippen LogP contribution in [-0.4, -0.2) is 11.0 Å². The van der Waals surface area contributed by atoms with E-state index < -0.39 is 0 Å². The SMILES string of the molecule is Cc1c(COC(=O)Cc2coc(-c3cccs3)n2)oc2ccccc12. The van der Waals surface area contributed by atoms with Crippen molar-refractivity contribution in [3.8, 4) is 10.8 Å². The van der Waals surface area contributed by atoms with Crippen molar-refractivity contribution in [1.82, 2.24) is 4.98 Å². The van der Waals surface area contributed by atoms with Crippen molar-refractivity contribution in [3.05, 3.63) is 65.1 Å². The average molecular weight is 353 g/mol. The molecule has 3 aromatic heterocycles. The maximum atomic E-state index is 12.1. The summed E-state index contributed by atoms with van der Waals surface area (Å²) >= 11 is 1.53. The number of carbonyl (C=O) groups is 1. The average Bonchev–Trinajstić information content (AvgIpc) is 3.34. The molecule has 4 aromatic rings. The van der Waals surface area contributed by atoms with E-state index in [1.165, 1.54) is 17.6 Å². The van der Waals surface area contributed by atoms with Crippen molar-refractivity contribution in [3.63, 3.8) is 0 Å². The van der Waals surface area contributed by atoms with Crippen LogP contribution in [0.15, 0.2) is 56.9 Å². The number of para-hydroxylation sites is 1. The van der Waals surface area contributed by atoms with Gasteiger partial charge < -0.3 is 13.6 Å². The highest BCUT2D eigenvalue weighted by Gasteiger charge is 2.15. The molecule has 0 aliphatic heterocycles. The zero-order valence-electron chi connectivity index (χ0n) is 13.5. The van der Waals surface area contributed by atoms with Gasteiger partial charge in [0.15, 0.2) is 0 Å². The van der Waals surface area contributed by atoms with Crippen LogP contribution in [0.4, 0.5) is 0 Å². The van der Waals surface area contributed by atoms with Gasteiger partial charge in [-0.05, 0) is 24.4 Å². The third-order valence-corrected chi connectivity index (χ3v) is 4.77. The highest BCUT2D eigenvalue weighted by molar-refractivity contribution is 7.13. The Bertz CT molecular complexity index is 1010. The summed E-state index contributed by atoms with van der Waals surface area (Å²) in [5.74, 6) is 0.811. The van der Waals surface area contributed by atoms with Crippen LogP contribution in [0.25, 0.3) is 21.7 Å². The smallest absolute Gasteiger partial charge is 0.312 e. The number of rotatable bonds is 5. The molecule has 0 aliphatic carbocycles. The number of hydrogen-bond donors (Lipinski definition) is 0. The number of thiophene rings is 1. The second-order valence-electron chi connectivity index (χ2n) is 5.61. The molecule has 3 heterocycles. The molecule has 0 unspecified atom stereocenters. The van der Waals surface area contributed by atoms with E-state index in [1.807, 2.05) is 48.7 Å². The number of nitrogens with zero attached hydrogens (tertiary/aromatic N) is 1. The van der Waals surface area contributed by atoms with Gasteiger partial charge in [0.2, 0.25) is 5.89 Å². The summed E-state index contributed by atoms with van der Waals surface area (Å²) in [6.07, 6.45) is 1.55. The van der Waals surface area contributed by atoms with Crippen LogP contribution >= 0.6 is 11.3 Å². The second-order valence-corrected chi connectivity index (χ2v) is 6.55. The molecule has 4 rings (SSSR count). The van der Waals surface area contributed by atoms with Crippen LogP contribution in [0.2, 0.25) is 0 Å². The lowest BCUT2D eigenvalue weighted by atomic mass is 10.1. The summed E-state index contributed by atoms with van der Waals surface area (Å²) in [5.41, 5.74) is 2.34.